The normalized spacial score (nSPS) is 28.2. The minimum atomic E-state index is -2.82. The monoisotopic (exact) mass is 604 g/mol. The Morgan fingerprint density at radius 1 is 1.16 bits per heavy atom. The third-order valence-corrected chi connectivity index (χ3v) is 9.63. The summed E-state index contributed by atoms with van der Waals surface area (Å²) < 4.78 is 15.9. The first-order chi connectivity index (χ1) is 20.9. The number of hydrogen-bond acceptors (Lipinski definition) is 9. The van der Waals surface area contributed by atoms with Crippen molar-refractivity contribution < 1.29 is 38.6 Å². The number of ketones is 4. The molecule has 3 aromatic rings. The first-order valence-electron chi connectivity index (χ1n) is 14.5. The highest BCUT2D eigenvalue weighted by molar-refractivity contribution is 6.32. The van der Waals surface area contributed by atoms with Crippen molar-refractivity contribution in [3.63, 3.8) is 0 Å². The minimum absolute atomic E-state index is 0.0483. The van der Waals surface area contributed by atoms with Gasteiger partial charge >= 0.3 is 0 Å². The maximum absolute atomic E-state index is 15.9. The molecule has 2 saturated carbocycles. The number of fused-ring (bicyclic) bond motifs is 4. The van der Waals surface area contributed by atoms with Gasteiger partial charge in [0, 0.05) is 40.7 Å². The Hall–Kier alpha value is -4.26. The Morgan fingerprint density at radius 2 is 1.89 bits per heavy atom. The number of rotatable bonds is 7. The van der Waals surface area contributed by atoms with Gasteiger partial charge in [-0.25, -0.2) is 4.39 Å². The fourth-order valence-electron chi connectivity index (χ4n) is 7.62. The van der Waals surface area contributed by atoms with Crippen LogP contribution in [-0.4, -0.2) is 81.4 Å². The Kier molecular flexibility index (Phi) is 7.26. The van der Waals surface area contributed by atoms with Crippen LogP contribution in [0.25, 0.3) is 10.9 Å². The molecule has 1 heterocycles. The minimum Gasteiger partial charge on any atom is -0.507 e. The molecule has 0 saturated heterocycles. The van der Waals surface area contributed by atoms with Crippen LogP contribution in [0.1, 0.15) is 33.5 Å². The average molecular weight is 605 g/mol. The first-order valence-corrected chi connectivity index (χ1v) is 14.5. The third-order valence-electron chi connectivity index (χ3n) is 9.63. The van der Waals surface area contributed by atoms with E-state index in [2.05, 4.69) is 10.3 Å². The second-order valence-electron chi connectivity index (χ2n) is 12.3. The number of phenolic OH excluding ortho intramolecular Hbond substituents is 1. The second kappa shape index (κ2) is 10.7. The van der Waals surface area contributed by atoms with Gasteiger partial charge < -0.3 is 26.2 Å². The van der Waals surface area contributed by atoms with Crippen LogP contribution < -0.4 is 11.1 Å². The summed E-state index contributed by atoms with van der Waals surface area (Å²) in [5, 5.41) is 26.8. The quantitative estimate of drug-likeness (QED) is 0.193. The molecule has 1 aromatic heterocycles. The van der Waals surface area contributed by atoms with Crippen LogP contribution in [0.4, 0.5) is 4.39 Å². The summed E-state index contributed by atoms with van der Waals surface area (Å²) in [5.74, 6) is -12.5. The number of likely N-dealkylation sites (N-methyl/N-ethyl adjacent to an activating group) is 1. The molecule has 6 rings (SSSR count). The van der Waals surface area contributed by atoms with Crippen LogP contribution >= 0.6 is 0 Å². The number of aromatic hydroxyl groups is 1. The Bertz CT molecular complexity index is 1750. The molecule has 0 bridgehead atoms. The highest BCUT2D eigenvalue weighted by Gasteiger charge is 2.69. The predicted molar refractivity (Wildman–Crippen MR) is 155 cm³/mol. The van der Waals surface area contributed by atoms with E-state index >= 15 is 4.39 Å². The van der Waals surface area contributed by atoms with Gasteiger partial charge in [0.2, 0.25) is 5.91 Å². The van der Waals surface area contributed by atoms with Gasteiger partial charge in [0.25, 0.3) is 0 Å². The van der Waals surface area contributed by atoms with Crippen molar-refractivity contribution in [1.82, 2.24) is 15.2 Å². The number of para-hydroxylation sites is 1. The Morgan fingerprint density at radius 3 is 2.59 bits per heavy atom. The van der Waals surface area contributed by atoms with E-state index in [0.29, 0.717) is 13.0 Å². The maximum atomic E-state index is 15.9. The van der Waals surface area contributed by atoms with E-state index in [1.807, 2.05) is 30.5 Å². The van der Waals surface area contributed by atoms with Crippen molar-refractivity contribution >= 4 is 39.9 Å². The summed E-state index contributed by atoms with van der Waals surface area (Å²) in [7, 11) is 3.01. The molecule has 2 aromatic carbocycles. The van der Waals surface area contributed by atoms with Gasteiger partial charge in [0.1, 0.15) is 11.6 Å². The van der Waals surface area contributed by atoms with E-state index in [9.17, 15) is 34.2 Å². The van der Waals surface area contributed by atoms with Crippen LogP contribution in [0.5, 0.6) is 5.75 Å². The highest BCUT2D eigenvalue weighted by atomic mass is 19.1. The molecule has 1 amide bonds. The first kappa shape index (κ1) is 29.8. The number of hydrogen-bond donors (Lipinski definition) is 5. The summed E-state index contributed by atoms with van der Waals surface area (Å²) in [6.07, 6.45) is 2.32. The standard InChI is InChI=1S/C32H33FN4O7/c1-37(2)26-19-10-15-9-18-23(27(39)22(15)29(41)32(19,44)30(42)24(28(26)40)31(34)43)21(38)11-16(25(18)33)12-35-8-7-14-13-36-20-6-4-3-5-17(14)20/h3-6,11,13,15,19,22,24,26,35-36,38,44H,7-10,12H2,1-2H3,(H2,34,43)/t15-,19-,22?,24?,26-,32-/m0/s1. The highest BCUT2D eigenvalue weighted by Crippen LogP contribution is 2.51. The Balaban J connectivity index is 1.27. The summed E-state index contributed by atoms with van der Waals surface area (Å²) in [6.45, 7) is 0.580. The number of carbonyl (C=O) groups is 5. The van der Waals surface area contributed by atoms with E-state index in [1.165, 1.54) is 19.0 Å². The molecule has 3 aliphatic carbocycles. The van der Waals surface area contributed by atoms with Crippen LogP contribution in [-0.2, 0) is 38.6 Å². The fourth-order valence-corrected chi connectivity index (χ4v) is 7.62. The SMILES string of the molecule is CN(C)[C@@H]1C(=O)C(C(N)=O)C(=O)[C@@]2(O)C(=O)C3C(=O)c4c(O)cc(CNCCc5c[nH]c6ccccc56)c(F)c4C[C@H]3C[C@@H]12. The zero-order valence-electron chi connectivity index (χ0n) is 24.2. The summed E-state index contributed by atoms with van der Waals surface area (Å²) >= 11 is 0. The number of nitrogens with one attached hydrogen (secondary N) is 2. The van der Waals surface area contributed by atoms with Gasteiger partial charge in [0.15, 0.2) is 34.7 Å². The molecule has 0 spiro atoms. The Labute approximate surface area is 251 Å². The number of H-pyrrole nitrogens is 1. The number of aromatic nitrogens is 1. The van der Waals surface area contributed by atoms with Gasteiger partial charge in [-0.15, -0.1) is 0 Å². The molecule has 230 valence electrons. The molecule has 6 atom stereocenters. The van der Waals surface area contributed by atoms with Gasteiger partial charge in [-0.2, -0.15) is 0 Å². The number of aliphatic hydroxyl groups is 1. The van der Waals surface area contributed by atoms with E-state index < -0.39 is 75.9 Å². The maximum Gasteiger partial charge on any atom is 0.235 e. The number of halogens is 1. The lowest BCUT2D eigenvalue weighted by molar-refractivity contribution is -0.181. The van der Waals surface area contributed by atoms with E-state index in [0.717, 1.165) is 22.5 Å². The van der Waals surface area contributed by atoms with Gasteiger partial charge in [-0.3, -0.25) is 28.9 Å². The van der Waals surface area contributed by atoms with Crippen molar-refractivity contribution in [2.24, 2.45) is 29.4 Å². The van der Waals surface area contributed by atoms with Crippen molar-refractivity contribution in [2.45, 2.75) is 37.5 Å². The predicted octanol–water partition coefficient (Wildman–Crippen LogP) is 0.820. The van der Waals surface area contributed by atoms with Crippen LogP contribution in [0.3, 0.4) is 0 Å². The number of amides is 1. The molecule has 2 unspecified atom stereocenters. The largest absolute Gasteiger partial charge is 0.507 e. The van der Waals surface area contributed by atoms with Crippen LogP contribution in [0.15, 0.2) is 36.5 Å². The van der Waals surface area contributed by atoms with Crippen molar-refractivity contribution in [3.8, 4) is 5.75 Å². The lowest BCUT2D eigenvalue weighted by Crippen LogP contribution is -2.74. The molecule has 44 heavy (non-hydrogen) atoms. The van der Waals surface area contributed by atoms with E-state index in [-0.39, 0.29) is 36.1 Å². The van der Waals surface area contributed by atoms with Gasteiger partial charge in [-0.1, -0.05) is 18.2 Å². The summed E-state index contributed by atoms with van der Waals surface area (Å²) in [4.78, 5) is 70.8. The molecule has 3 aliphatic rings. The lowest BCUT2D eigenvalue weighted by Gasteiger charge is -2.52. The van der Waals surface area contributed by atoms with Gasteiger partial charge in [-0.05, 0) is 63.5 Å². The van der Waals surface area contributed by atoms with Crippen molar-refractivity contribution in [3.05, 3.63) is 64.6 Å². The third kappa shape index (κ3) is 4.31. The molecular weight excluding hydrogens is 571 g/mol. The molecular formula is C32H33FN4O7. The number of phenols is 1. The number of nitrogens with two attached hydrogens (primary N) is 1. The number of nitrogens with zero attached hydrogens (tertiary/aromatic N) is 1. The second-order valence-corrected chi connectivity index (χ2v) is 12.3. The van der Waals surface area contributed by atoms with E-state index in [4.69, 9.17) is 5.73 Å². The average Bonchev–Trinajstić information content (AvgIpc) is 3.38. The molecule has 2 fully saturated rings. The topological polar surface area (TPSA) is 183 Å². The number of aromatic amines is 1. The summed E-state index contributed by atoms with van der Waals surface area (Å²) in [6, 6.07) is 7.81. The number of carbonyl (C=O) groups excluding carboxylic acids is 5. The number of benzene rings is 2. The molecule has 12 heteroatoms. The van der Waals surface area contributed by atoms with Gasteiger partial charge in [0.05, 0.1) is 17.5 Å². The molecule has 0 aliphatic heterocycles. The lowest BCUT2D eigenvalue weighted by atomic mass is 9.52. The molecule has 11 nitrogen and oxygen atoms in total. The van der Waals surface area contributed by atoms with Crippen molar-refractivity contribution in [2.75, 3.05) is 20.6 Å². The van der Waals surface area contributed by atoms with E-state index in [1.54, 1.807) is 0 Å². The zero-order chi connectivity index (χ0) is 31.7. The fraction of sp³-hybridized carbons (Fsp3) is 0.406. The van der Waals surface area contributed by atoms with Crippen molar-refractivity contribution in [1.29, 1.82) is 0 Å². The molecule has 6 N–H and O–H groups in total. The smallest absolute Gasteiger partial charge is 0.235 e. The van der Waals surface area contributed by atoms with Crippen LogP contribution in [0, 0.1) is 29.5 Å². The number of primary amides is 1. The molecule has 0 radical (unpaired) electrons. The summed E-state index contributed by atoms with van der Waals surface area (Å²) in [5.41, 5.74) is 4.35. The zero-order valence-corrected chi connectivity index (χ0v) is 24.2. The van der Waals surface area contributed by atoms with Crippen LogP contribution in [0.2, 0.25) is 0 Å². The number of Topliss-reactive ketones (excluding diaryl/α,β-unsaturated/α-hetero) is 4.